The van der Waals surface area contributed by atoms with Gasteiger partial charge in [0.25, 0.3) is 0 Å². The van der Waals surface area contributed by atoms with Crippen molar-refractivity contribution in [3.05, 3.63) is 82.9 Å². The number of phenolic OH excluding ortho intramolecular Hbond substituents is 1. The number of benzene rings is 4. The molecular formula is C26H15Li2N3O10S2. The van der Waals surface area contributed by atoms with Crippen LogP contribution in [0.15, 0.2) is 80.7 Å². The molecule has 0 aliphatic heterocycles. The van der Waals surface area contributed by atoms with E-state index < -0.39 is 63.9 Å². The number of amides is 1. The molecule has 0 saturated heterocycles. The summed E-state index contributed by atoms with van der Waals surface area (Å²) in [7, 11) is -10.8. The SMILES string of the molecule is CC(=O)Nc1c(S(=O)(=O)[O-])cc(S(=O)(=O)[O-])c2ccc(N=Nc3ccc4c(c3)C(=O)c3ccccc3C4=O)c(O)c12.[Li+].[Li+]. The Morgan fingerprint density at radius 3 is 1.88 bits per heavy atom. The molecule has 0 spiro atoms. The molecule has 0 unspecified atom stereocenters. The van der Waals surface area contributed by atoms with Gasteiger partial charge in [-0.15, -0.1) is 5.11 Å². The van der Waals surface area contributed by atoms with Gasteiger partial charge in [0.2, 0.25) is 5.91 Å². The Bertz CT molecular complexity index is 2120. The molecule has 0 heterocycles. The Kier molecular flexibility index (Phi) is 9.58. The van der Waals surface area contributed by atoms with Crippen molar-refractivity contribution in [2.24, 2.45) is 10.2 Å². The van der Waals surface area contributed by atoms with Crippen molar-refractivity contribution >= 4 is 65.5 Å². The average molecular weight is 607 g/mol. The van der Waals surface area contributed by atoms with E-state index in [1.165, 1.54) is 30.3 Å². The number of hydrogen-bond acceptors (Lipinski definition) is 12. The number of azo groups is 1. The first-order chi connectivity index (χ1) is 19.2. The number of aromatic hydroxyl groups is 1. The third-order valence-corrected chi connectivity index (χ3v) is 7.94. The van der Waals surface area contributed by atoms with Crippen LogP contribution >= 0.6 is 0 Å². The van der Waals surface area contributed by atoms with Crippen LogP contribution in [0.5, 0.6) is 5.75 Å². The summed E-state index contributed by atoms with van der Waals surface area (Å²) < 4.78 is 71.5. The van der Waals surface area contributed by atoms with E-state index in [4.69, 9.17) is 0 Å². The summed E-state index contributed by atoms with van der Waals surface area (Å²) in [6.45, 7) is 0.965. The zero-order chi connectivity index (χ0) is 29.9. The van der Waals surface area contributed by atoms with Crippen LogP contribution in [-0.4, -0.2) is 48.5 Å². The third-order valence-electron chi connectivity index (χ3n) is 6.20. The van der Waals surface area contributed by atoms with Crippen molar-refractivity contribution in [1.29, 1.82) is 0 Å². The van der Waals surface area contributed by atoms with E-state index in [0.717, 1.165) is 19.1 Å². The maximum atomic E-state index is 13.0. The molecule has 0 radical (unpaired) electrons. The first-order valence-corrected chi connectivity index (χ1v) is 14.3. The number of nitrogens with zero attached hydrogens (tertiary/aromatic N) is 2. The van der Waals surface area contributed by atoms with Crippen LogP contribution < -0.4 is 43.0 Å². The van der Waals surface area contributed by atoms with Crippen molar-refractivity contribution in [1.82, 2.24) is 0 Å². The van der Waals surface area contributed by atoms with Gasteiger partial charge in [0.15, 0.2) is 17.3 Å². The van der Waals surface area contributed by atoms with Gasteiger partial charge < -0.3 is 19.5 Å². The predicted octanol–water partition coefficient (Wildman–Crippen LogP) is -2.49. The fourth-order valence-corrected chi connectivity index (χ4v) is 5.92. The van der Waals surface area contributed by atoms with Crippen LogP contribution in [-0.2, 0) is 25.0 Å². The molecule has 17 heteroatoms. The summed E-state index contributed by atoms with van der Waals surface area (Å²) in [6.07, 6.45) is 0. The van der Waals surface area contributed by atoms with E-state index in [2.05, 4.69) is 15.5 Å². The minimum atomic E-state index is -5.47. The molecule has 13 nitrogen and oxygen atoms in total. The maximum absolute atomic E-state index is 13.0. The fraction of sp³-hybridized carbons (Fsp3) is 0.0385. The van der Waals surface area contributed by atoms with Crippen LogP contribution in [0.4, 0.5) is 17.1 Å². The monoisotopic (exact) mass is 607 g/mol. The van der Waals surface area contributed by atoms with Crippen LogP contribution in [0.2, 0.25) is 0 Å². The molecule has 0 bridgehead atoms. The molecule has 4 aromatic rings. The Labute approximate surface area is 268 Å². The van der Waals surface area contributed by atoms with Gasteiger partial charge in [-0.1, -0.05) is 30.3 Å². The third kappa shape index (κ3) is 6.21. The second kappa shape index (κ2) is 12.2. The van der Waals surface area contributed by atoms with Gasteiger partial charge in [-0.3, -0.25) is 14.4 Å². The zero-order valence-corrected chi connectivity index (χ0v) is 24.2. The number of nitrogens with one attached hydrogen (secondary N) is 1. The standard InChI is InChI=1S/C26H17N3O10S2.2Li/c1-12(30)27-23-21(41(37,38)39)11-20(40(34,35)36)17-8-9-19(26(33)22(17)23)29-28-13-6-7-16-18(10-13)25(32)15-5-3-2-4-14(15)24(16)31;;/h2-11,33H,1H3,(H,27,30)(H,34,35,36)(H,37,38,39);;/q;2*+1/p-2. The minimum absolute atomic E-state index is 0. The Hall–Kier alpha value is -3.64. The van der Waals surface area contributed by atoms with Crippen LogP contribution in [0.25, 0.3) is 10.8 Å². The number of anilines is 1. The Morgan fingerprint density at radius 2 is 1.33 bits per heavy atom. The summed E-state index contributed by atoms with van der Waals surface area (Å²) >= 11 is 0. The van der Waals surface area contributed by atoms with E-state index in [1.807, 2.05) is 0 Å². The van der Waals surface area contributed by atoms with Crippen molar-refractivity contribution in [3.8, 4) is 5.75 Å². The molecule has 43 heavy (non-hydrogen) atoms. The van der Waals surface area contributed by atoms with E-state index in [0.29, 0.717) is 6.07 Å². The Morgan fingerprint density at radius 1 is 0.767 bits per heavy atom. The number of carbonyl (C=O) groups is 3. The normalized spacial score (nSPS) is 12.7. The summed E-state index contributed by atoms with van der Waals surface area (Å²) in [5, 5.41) is 19.7. The molecule has 1 amide bonds. The van der Waals surface area contributed by atoms with Gasteiger partial charge in [0, 0.05) is 34.6 Å². The molecule has 0 aromatic heterocycles. The molecule has 0 saturated carbocycles. The molecule has 1 aliphatic carbocycles. The topological polar surface area (TPSA) is 223 Å². The molecule has 0 fully saturated rings. The van der Waals surface area contributed by atoms with E-state index in [1.54, 1.807) is 12.1 Å². The van der Waals surface area contributed by atoms with Gasteiger partial charge in [-0.25, -0.2) is 16.8 Å². The largest absolute Gasteiger partial charge is 1.00 e. The predicted molar refractivity (Wildman–Crippen MR) is 140 cm³/mol. The molecule has 1 aliphatic rings. The number of carbonyl (C=O) groups excluding carboxylic acids is 3. The van der Waals surface area contributed by atoms with Gasteiger partial charge in [-0.2, -0.15) is 5.11 Å². The number of fused-ring (bicyclic) bond motifs is 3. The fourth-order valence-electron chi connectivity index (χ4n) is 4.48. The van der Waals surface area contributed by atoms with Crippen molar-refractivity contribution in [3.63, 3.8) is 0 Å². The molecule has 5 rings (SSSR count). The molecule has 2 N–H and O–H groups in total. The second-order valence-corrected chi connectivity index (χ2v) is 11.5. The number of phenols is 1. The molecule has 0 atom stereocenters. The van der Waals surface area contributed by atoms with Crippen LogP contribution in [0.3, 0.4) is 0 Å². The van der Waals surface area contributed by atoms with Crippen LogP contribution in [0.1, 0.15) is 38.8 Å². The molecule has 4 aromatic carbocycles. The quantitative estimate of drug-likeness (QED) is 0.121. The number of rotatable bonds is 5. The molecule has 208 valence electrons. The number of ketones is 2. The van der Waals surface area contributed by atoms with Gasteiger partial charge in [0.05, 0.1) is 26.6 Å². The second-order valence-electron chi connectivity index (χ2n) is 8.83. The minimum Gasteiger partial charge on any atom is -0.744 e. The van der Waals surface area contributed by atoms with E-state index in [-0.39, 0.29) is 77.1 Å². The van der Waals surface area contributed by atoms with Gasteiger partial charge >= 0.3 is 37.7 Å². The van der Waals surface area contributed by atoms with E-state index >= 15 is 0 Å². The first-order valence-electron chi connectivity index (χ1n) is 11.4. The Balaban J connectivity index is 0.00000253. The number of hydrogen-bond donors (Lipinski definition) is 2. The van der Waals surface area contributed by atoms with Crippen molar-refractivity contribution in [2.45, 2.75) is 16.7 Å². The van der Waals surface area contributed by atoms with E-state index in [9.17, 15) is 45.4 Å². The van der Waals surface area contributed by atoms with Crippen LogP contribution in [0, 0.1) is 0 Å². The maximum Gasteiger partial charge on any atom is 1.00 e. The van der Waals surface area contributed by atoms with Crippen molar-refractivity contribution in [2.75, 3.05) is 5.32 Å². The van der Waals surface area contributed by atoms with Crippen molar-refractivity contribution < 1.29 is 83.2 Å². The average Bonchev–Trinajstić information content (AvgIpc) is 2.89. The smallest absolute Gasteiger partial charge is 0.744 e. The first kappa shape index (κ1) is 33.9. The van der Waals surface area contributed by atoms with Gasteiger partial charge in [-0.05, 0) is 30.3 Å². The summed E-state index contributed by atoms with van der Waals surface area (Å²) in [4.78, 5) is 35.2. The summed E-state index contributed by atoms with van der Waals surface area (Å²) in [5.74, 6) is -2.57. The zero-order valence-electron chi connectivity index (χ0n) is 22.6. The summed E-state index contributed by atoms with van der Waals surface area (Å²) in [6, 6.07) is 12.7. The van der Waals surface area contributed by atoms with Gasteiger partial charge in [0.1, 0.15) is 25.9 Å². The summed E-state index contributed by atoms with van der Waals surface area (Å²) in [5.41, 5.74) is -0.385. The molecular weight excluding hydrogens is 592 g/mol.